The molecule has 0 radical (unpaired) electrons. The molecule has 26 heavy (non-hydrogen) atoms. The molecule has 1 aliphatic heterocycles. The van der Waals surface area contributed by atoms with Crippen molar-refractivity contribution in [1.29, 1.82) is 0 Å². The standard InChI is InChI=1S/C18H24N4O3S/c1-22(15-9-12-26(23,24)13-15)17-8-11-20-18(21-17)19-10-7-14-5-3-4-6-16(14)25-2/h3-6,8,11,15H,7,9-10,12-13H2,1-2H3,(H,19,20,21). The number of hydrogen-bond donors (Lipinski definition) is 1. The van der Waals surface area contributed by atoms with Gasteiger partial charge in [0.2, 0.25) is 5.95 Å². The topological polar surface area (TPSA) is 84.4 Å². The number of sulfone groups is 1. The van der Waals surface area contributed by atoms with Gasteiger partial charge in [-0.25, -0.2) is 13.4 Å². The highest BCUT2D eigenvalue weighted by Gasteiger charge is 2.31. The van der Waals surface area contributed by atoms with E-state index in [0.717, 1.165) is 23.6 Å². The van der Waals surface area contributed by atoms with E-state index < -0.39 is 9.84 Å². The van der Waals surface area contributed by atoms with Crippen LogP contribution in [-0.4, -0.2) is 56.6 Å². The Bertz CT molecular complexity index is 857. The van der Waals surface area contributed by atoms with Gasteiger partial charge in [-0.3, -0.25) is 0 Å². The van der Waals surface area contributed by atoms with Gasteiger partial charge in [-0.05, 0) is 30.5 Å². The van der Waals surface area contributed by atoms with Crippen LogP contribution in [0.15, 0.2) is 36.5 Å². The summed E-state index contributed by atoms with van der Waals surface area (Å²) >= 11 is 0. The minimum atomic E-state index is -2.92. The van der Waals surface area contributed by atoms with Crippen LogP contribution in [0.5, 0.6) is 5.75 Å². The monoisotopic (exact) mass is 376 g/mol. The second-order valence-electron chi connectivity index (χ2n) is 6.39. The number of rotatable bonds is 7. The lowest BCUT2D eigenvalue weighted by Crippen LogP contribution is -2.33. The zero-order valence-electron chi connectivity index (χ0n) is 15.1. The predicted molar refractivity (Wildman–Crippen MR) is 103 cm³/mol. The smallest absolute Gasteiger partial charge is 0.224 e. The van der Waals surface area contributed by atoms with E-state index in [0.29, 0.717) is 18.9 Å². The van der Waals surface area contributed by atoms with Gasteiger partial charge in [0.15, 0.2) is 9.84 Å². The first kappa shape index (κ1) is 18.4. The largest absolute Gasteiger partial charge is 0.496 e. The van der Waals surface area contributed by atoms with Crippen LogP contribution in [0.1, 0.15) is 12.0 Å². The highest BCUT2D eigenvalue weighted by atomic mass is 32.2. The first-order valence-electron chi connectivity index (χ1n) is 8.60. The van der Waals surface area contributed by atoms with Crippen LogP contribution in [0, 0.1) is 0 Å². The second kappa shape index (κ2) is 7.90. The maximum Gasteiger partial charge on any atom is 0.224 e. The number of anilines is 2. The van der Waals surface area contributed by atoms with Crippen molar-refractivity contribution < 1.29 is 13.2 Å². The molecule has 1 aliphatic rings. The Labute approximate surface area is 154 Å². The number of benzene rings is 1. The van der Waals surface area contributed by atoms with Crippen molar-refractivity contribution in [1.82, 2.24) is 9.97 Å². The van der Waals surface area contributed by atoms with Crippen molar-refractivity contribution >= 4 is 21.6 Å². The zero-order chi connectivity index (χ0) is 18.6. The van der Waals surface area contributed by atoms with Gasteiger partial charge in [-0.1, -0.05) is 18.2 Å². The van der Waals surface area contributed by atoms with Crippen molar-refractivity contribution in [3.8, 4) is 5.75 Å². The van der Waals surface area contributed by atoms with Crippen LogP contribution in [-0.2, 0) is 16.3 Å². The Morgan fingerprint density at radius 1 is 1.31 bits per heavy atom. The lowest BCUT2D eigenvalue weighted by molar-refractivity contribution is 0.410. The molecule has 1 atom stereocenters. The van der Waals surface area contributed by atoms with Crippen LogP contribution < -0.4 is 15.0 Å². The molecule has 1 aromatic carbocycles. The molecule has 8 heteroatoms. The van der Waals surface area contributed by atoms with Crippen molar-refractivity contribution in [2.75, 3.05) is 42.4 Å². The molecule has 0 spiro atoms. The van der Waals surface area contributed by atoms with Crippen LogP contribution in [0.4, 0.5) is 11.8 Å². The SMILES string of the molecule is COc1ccccc1CCNc1nccc(N(C)C2CCS(=O)(=O)C2)n1. The summed E-state index contributed by atoms with van der Waals surface area (Å²) in [4.78, 5) is 10.7. The number of hydrogen-bond acceptors (Lipinski definition) is 7. The number of aromatic nitrogens is 2. The first-order chi connectivity index (χ1) is 12.5. The Morgan fingerprint density at radius 2 is 2.12 bits per heavy atom. The third kappa shape index (κ3) is 4.43. The Kier molecular flexibility index (Phi) is 5.61. The van der Waals surface area contributed by atoms with E-state index in [9.17, 15) is 8.42 Å². The van der Waals surface area contributed by atoms with Crippen LogP contribution >= 0.6 is 0 Å². The summed E-state index contributed by atoms with van der Waals surface area (Å²) in [5, 5.41) is 3.22. The van der Waals surface area contributed by atoms with Crippen molar-refractivity contribution in [3.05, 3.63) is 42.1 Å². The highest BCUT2D eigenvalue weighted by molar-refractivity contribution is 7.91. The van der Waals surface area contributed by atoms with Gasteiger partial charge in [-0.2, -0.15) is 4.98 Å². The van der Waals surface area contributed by atoms with Crippen LogP contribution in [0.3, 0.4) is 0 Å². The van der Waals surface area contributed by atoms with Crippen molar-refractivity contribution in [3.63, 3.8) is 0 Å². The Morgan fingerprint density at radius 3 is 2.85 bits per heavy atom. The number of para-hydroxylation sites is 1. The average molecular weight is 376 g/mol. The van der Waals surface area contributed by atoms with Gasteiger partial charge >= 0.3 is 0 Å². The molecular formula is C18H24N4O3S. The van der Waals surface area contributed by atoms with Gasteiger partial charge in [0, 0.05) is 25.8 Å². The average Bonchev–Trinajstić information content (AvgIpc) is 3.01. The summed E-state index contributed by atoms with van der Waals surface area (Å²) in [7, 11) is 0.623. The fourth-order valence-corrected chi connectivity index (χ4v) is 4.89. The molecule has 1 unspecified atom stereocenters. The molecule has 0 bridgehead atoms. The van der Waals surface area contributed by atoms with Crippen molar-refractivity contribution in [2.45, 2.75) is 18.9 Å². The number of ether oxygens (including phenoxy) is 1. The van der Waals surface area contributed by atoms with Gasteiger partial charge < -0.3 is 15.0 Å². The summed E-state index contributed by atoms with van der Waals surface area (Å²) in [6.07, 6.45) is 3.11. The molecule has 140 valence electrons. The summed E-state index contributed by atoms with van der Waals surface area (Å²) in [5.41, 5.74) is 1.12. The third-order valence-electron chi connectivity index (χ3n) is 4.63. The van der Waals surface area contributed by atoms with E-state index in [-0.39, 0.29) is 17.5 Å². The van der Waals surface area contributed by atoms with Gasteiger partial charge in [0.25, 0.3) is 0 Å². The summed E-state index contributed by atoms with van der Waals surface area (Å²) < 4.78 is 28.7. The third-order valence-corrected chi connectivity index (χ3v) is 6.38. The molecule has 1 aromatic heterocycles. The lowest BCUT2D eigenvalue weighted by Gasteiger charge is -2.24. The van der Waals surface area contributed by atoms with E-state index in [1.54, 1.807) is 19.4 Å². The normalized spacial score (nSPS) is 18.5. The minimum Gasteiger partial charge on any atom is -0.496 e. The maximum absolute atomic E-state index is 11.7. The van der Waals surface area contributed by atoms with E-state index in [1.165, 1.54) is 0 Å². The van der Waals surface area contributed by atoms with Crippen LogP contribution in [0.25, 0.3) is 0 Å². The first-order valence-corrected chi connectivity index (χ1v) is 10.4. The highest BCUT2D eigenvalue weighted by Crippen LogP contribution is 2.22. The van der Waals surface area contributed by atoms with Gasteiger partial charge in [0.05, 0.1) is 18.6 Å². The van der Waals surface area contributed by atoms with E-state index in [4.69, 9.17) is 4.74 Å². The number of nitrogens with one attached hydrogen (secondary N) is 1. The summed E-state index contributed by atoms with van der Waals surface area (Å²) in [5.74, 6) is 2.55. The van der Waals surface area contributed by atoms with Gasteiger partial charge in [0.1, 0.15) is 11.6 Å². The van der Waals surface area contributed by atoms with Gasteiger partial charge in [-0.15, -0.1) is 0 Å². The number of methoxy groups -OCH3 is 1. The molecule has 2 aromatic rings. The van der Waals surface area contributed by atoms with E-state index >= 15 is 0 Å². The molecule has 0 saturated carbocycles. The second-order valence-corrected chi connectivity index (χ2v) is 8.62. The van der Waals surface area contributed by atoms with Crippen molar-refractivity contribution in [2.24, 2.45) is 0 Å². The molecule has 0 aliphatic carbocycles. The zero-order valence-corrected chi connectivity index (χ0v) is 15.9. The number of nitrogens with zero attached hydrogens (tertiary/aromatic N) is 3. The predicted octanol–water partition coefficient (Wildman–Crippen LogP) is 1.76. The summed E-state index contributed by atoms with van der Waals surface area (Å²) in [6, 6.07) is 9.68. The molecule has 2 heterocycles. The maximum atomic E-state index is 11.7. The lowest BCUT2D eigenvalue weighted by atomic mass is 10.1. The molecule has 1 saturated heterocycles. The molecule has 7 nitrogen and oxygen atoms in total. The molecule has 1 fully saturated rings. The Hall–Kier alpha value is -2.35. The van der Waals surface area contributed by atoms with E-state index in [2.05, 4.69) is 15.3 Å². The molecular weight excluding hydrogens is 352 g/mol. The van der Waals surface area contributed by atoms with Crippen LogP contribution in [0.2, 0.25) is 0 Å². The molecule has 0 amide bonds. The summed E-state index contributed by atoms with van der Waals surface area (Å²) in [6.45, 7) is 0.672. The van der Waals surface area contributed by atoms with E-state index in [1.807, 2.05) is 36.2 Å². The quantitative estimate of drug-likeness (QED) is 0.788. The molecule has 3 rings (SSSR count). The minimum absolute atomic E-state index is 0.0312. The Balaban J connectivity index is 1.61. The fourth-order valence-electron chi connectivity index (χ4n) is 3.12. The fraction of sp³-hybridized carbons (Fsp3) is 0.444. The molecule has 1 N–H and O–H groups in total.